The van der Waals surface area contributed by atoms with Crippen molar-refractivity contribution in [1.82, 2.24) is 5.32 Å². The van der Waals surface area contributed by atoms with Crippen LogP contribution in [-0.2, 0) is 0 Å². The van der Waals surface area contributed by atoms with Gasteiger partial charge in [0.05, 0.1) is 11.6 Å². The molecule has 0 heterocycles. The van der Waals surface area contributed by atoms with Crippen LogP contribution in [0.3, 0.4) is 0 Å². The summed E-state index contributed by atoms with van der Waals surface area (Å²) in [4.78, 5) is 0. The average molecular weight is 278 g/mol. The highest BCUT2D eigenvalue weighted by molar-refractivity contribution is 5.36. The van der Waals surface area contributed by atoms with Gasteiger partial charge in [0.1, 0.15) is 18.5 Å². The standard InChI is InChI=1S/C15H22N2O3/c1-12(5-6-18)9-17-10-14(19)11-20-15-4-2-3-13(7-15)8-16/h2-4,7,12,14,17-19H,5-6,9-11H2,1H3. The molecule has 110 valence electrons. The number of aliphatic hydroxyl groups is 2. The molecule has 0 aliphatic carbocycles. The van der Waals surface area contributed by atoms with Gasteiger partial charge in [-0.1, -0.05) is 13.0 Å². The zero-order valence-corrected chi connectivity index (χ0v) is 11.7. The zero-order valence-electron chi connectivity index (χ0n) is 11.7. The van der Waals surface area contributed by atoms with E-state index in [1.54, 1.807) is 24.3 Å². The maximum atomic E-state index is 9.78. The van der Waals surface area contributed by atoms with Crippen LogP contribution in [0.25, 0.3) is 0 Å². The first-order valence-electron chi connectivity index (χ1n) is 6.78. The fourth-order valence-corrected chi connectivity index (χ4v) is 1.73. The molecule has 0 aliphatic heterocycles. The number of hydrogen-bond acceptors (Lipinski definition) is 5. The van der Waals surface area contributed by atoms with Gasteiger partial charge >= 0.3 is 0 Å². The van der Waals surface area contributed by atoms with Crippen LogP contribution in [0.1, 0.15) is 18.9 Å². The molecule has 0 spiro atoms. The summed E-state index contributed by atoms with van der Waals surface area (Å²) >= 11 is 0. The fraction of sp³-hybridized carbons (Fsp3) is 0.533. The molecule has 0 aliphatic rings. The average Bonchev–Trinajstić information content (AvgIpc) is 2.45. The summed E-state index contributed by atoms with van der Waals surface area (Å²) < 4.78 is 5.43. The number of nitriles is 1. The molecule has 0 amide bonds. The Morgan fingerprint density at radius 1 is 1.40 bits per heavy atom. The molecule has 0 aromatic heterocycles. The number of aliphatic hydroxyl groups excluding tert-OH is 2. The largest absolute Gasteiger partial charge is 0.491 e. The Kier molecular flexibility index (Phi) is 7.66. The summed E-state index contributed by atoms with van der Waals surface area (Å²) in [5.41, 5.74) is 0.535. The Labute approximate surface area is 119 Å². The lowest BCUT2D eigenvalue weighted by atomic mass is 10.1. The first-order valence-corrected chi connectivity index (χ1v) is 6.78. The van der Waals surface area contributed by atoms with Crippen LogP contribution in [0.5, 0.6) is 5.75 Å². The van der Waals surface area contributed by atoms with Crippen LogP contribution in [0.2, 0.25) is 0 Å². The van der Waals surface area contributed by atoms with Crippen molar-refractivity contribution in [2.45, 2.75) is 19.4 Å². The molecule has 20 heavy (non-hydrogen) atoms. The number of nitrogens with one attached hydrogen (secondary N) is 1. The number of ether oxygens (including phenoxy) is 1. The molecule has 0 bridgehead atoms. The van der Waals surface area contributed by atoms with Crippen LogP contribution in [-0.4, -0.2) is 42.6 Å². The number of hydrogen-bond donors (Lipinski definition) is 3. The molecule has 0 saturated carbocycles. The van der Waals surface area contributed by atoms with Gasteiger partial charge < -0.3 is 20.3 Å². The van der Waals surface area contributed by atoms with Gasteiger partial charge in [-0.15, -0.1) is 0 Å². The Balaban J connectivity index is 2.22. The molecule has 1 rings (SSSR count). The number of rotatable bonds is 9. The molecule has 2 atom stereocenters. The zero-order chi connectivity index (χ0) is 14.8. The maximum absolute atomic E-state index is 9.78. The lowest BCUT2D eigenvalue weighted by Crippen LogP contribution is -2.34. The Bertz CT molecular complexity index is 431. The van der Waals surface area contributed by atoms with E-state index >= 15 is 0 Å². The van der Waals surface area contributed by atoms with E-state index in [1.807, 2.05) is 13.0 Å². The fourth-order valence-electron chi connectivity index (χ4n) is 1.73. The highest BCUT2D eigenvalue weighted by Gasteiger charge is 2.07. The van der Waals surface area contributed by atoms with Crippen molar-refractivity contribution in [1.29, 1.82) is 5.26 Å². The van der Waals surface area contributed by atoms with Crippen LogP contribution >= 0.6 is 0 Å². The highest BCUT2D eigenvalue weighted by Crippen LogP contribution is 2.12. The van der Waals surface area contributed by atoms with Gasteiger partial charge in [-0.3, -0.25) is 0 Å². The minimum Gasteiger partial charge on any atom is -0.491 e. The molecular formula is C15H22N2O3. The Morgan fingerprint density at radius 2 is 2.20 bits per heavy atom. The molecule has 0 fully saturated rings. The SMILES string of the molecule is CC(CCO)CNCC(O)COc1cccc(C#N)c1. The van der Waals surface area contributed by atoms with Crippen molar-refractivity contribution >= 4 is 0 Å². The summed E-state index contributed by atoms with van der Waals surface area (Å²) in [5.74, 6) is 0.956. The van der Waals surface area contributed by atoms with Crippen LogP contribution in [0, 0.1) is 17.2 Å². The lowest BCUT2D eigenvalue weighted by Gasteiger charge is -2.15. The van der Waals surface area contributed by atoms with Crippen molar-refractivity contribution in [3.8, 4) is 11.8 Å². The second-order valence-corrected chi connectivity index (χ2v) is 4.88. The van der Waals surface area contributed by atoms with E-state index in [2.05, 4.69) is 5.32 Å². The van der Waals surface area contributed by atoms with Crippen LogP contribution < -0.4 is 10.1 Å². The first kappa shape index (κ1) is 16.4. The topological polar surface area (TPSA) is 85.5 Å². The van der Waals surface area contributed by atoms with E-state index < -0.39 is 6.10 Å². The van der Waals surface area contributed by atoms with E-state index in [9.17, 15) is 5.11 Å². The van der Waals surface area contributed by atoms with E-state index in [0.717, 1.165) is 13.0 Å². The number of benzene rings is 1. The van der Waals surface area contributed by atoms with Crippen molar-refractivity contribution < 1.29 is 14.9 Å². The Morgan fingerprint density at radius 3 is 2.90 bits per heavy atom. The summed E-state index contributed by atoms with van der Waals surface area (Å²) in [6.45, 7) is 3.59. The molecular weight excluding hydrogens is 256 g/mol. The van der Waals surface area contributed by atoms with E-state index in [1.165, 1.54) is 0 Å². The van der Waals surface area contributed by atoms with Gasteiger partial charge in [0.2, 0.25) is 0 Å². The van der Waals surface area contributed by atoms with Crippen molar-refractivity contribution in [3.05, 3.63) is 29.8 Å². The second-order valence-electron chi connectivity index (χ2n) is 4.88. The van der Waals surface area contributed by atoms with Gasteiger partial charge in [-0.25, -0.2) is 0 Å². The normalized spacial score (nSPS) is 13.5. The first-order chi connectivity index (χ1) is 9.65. The van der Waals surface area contributed by atoms with Gasteiger partial charge in [-0.05, 0) is 37.1 Å². The van der Waals surface area contributed by atoms with Crippen molar-refractivity contribution in [2.24, 2.45) is 5.92 Å². The lowest BCUT2D eigenvalue weighted by molar-refractivity contribution is 0.105. The number of nitrogens with zero attached hydrogens (tertiary/aromatic N) is 1. The summed E-state index contributed by atoms with van der Waals surface area (Å²) in [5, 5.41) is 30.5. The smallest absolute Gasteiger partial charge is 0.120 e. The van der Waals surface area contributed by atoms with E-state index in [0.29, 0.717) is 23.8 Å². The van der Waals surface area contributed by atoms with Crippen LogP contribution in [0.4, 0.5) is 0 Å². The molecule has 5 heteroatoms. The van der Waals surface area contributed by atoms with Crippen molar-refractivity contribution in [2.75, 3.05) is 26.3 Å². The minimum atomic E-state index is -0.609. The molecule has 1 aromatic carbocycles. The van der Waals surface area contributed by atoms with Crippen LogP contribution in [0.15, 0.2) is 24.3 Å². The van der Waals surface area contributed by atoms with Gasteiger partial charge in [-0.2, -0.15) is 5.26 Å². The molecule has 0 saturated heterocycles. The third-order valence-electron chi connectivity index (χ3n) is 2.90. The predicted octanol–water partition coefficient (Wildman–Crippen LogP) is 0.906. The minimum absolute atomic E-state index is 0.177. The van der Waals surface area contributed by atoms with Gasteiger partial charge in [0, 0.05) is 13.2 Å². The second kappa shape index (κ2) is 9.32. The van der Waals surface area contributed by atoms with E-state index in [-0.39, 0.29) is 13.2 Å². The summed E-state index contributed by atoms with van der Waals surface area (Å²) in [7, 11) is 0. The molecule has 5 nitrogen and oxygen atoms in total. The third kappa shape index (κ3) is 6.53. The molecule has 1 aromatic rings. The van der Waals surface area contributed by atoms with Gasteiger partial charge in [0.25, 0.3) is 0 Å². The molecule has 0 radical (unpaired) electrons. The quantitative estimate of drug-likeness (QED) is 0.625. The third-order valence-corrected chi connectivity index (χ3v) is 2.90. The maximum Gasteiger partial charge on any atom is 0.120 e. The van der Waals surface area contributed by atoms with Gasteiger partial charge in [0.15, 0.2) is 0 Å². The highest BCUT2D eigenvalue weighted by atomic mass is 16.5. The van der Waals surface area contributed by atoms with Crippen molar-refractivity contribution in [3.63, 3.8) is 0 Å². The monoisotopic (exact) mass is 278 g/mol. The Hall–Kier alpha value is -1.61. The summed E-state index contributed by atoms with van der Waals surface area (Å²) in [6, 6.07) is 8.88. The molecule has 2 unspecified atom stereocenters. The van der Waals surface area contributed by atoms with E-state index in [4.69, 9.17) is 15.1 Å². The molecule has 3 N–H and O–H groups in total. The predicted molar refractivity (Wildman–Crippen MR) is 76.4 cm³/mol. The summed E-state index contributed by atoms with van der Waals surface area (Å²) in [6.07, 6.45) is 0.141.